The molecule has 112 valence electrons. The molecule has 4 heteroatoms. The average molecular weight is 286 g/mol. The number of nitrogens with zero attached hydrogens (tertiary/aromatic N) is 2. The summed E-state index contributed by atoms with van der Waals surface area (Å²) in [5.74, 6) is 1.13. The number of rotatable bonds is 3. The van der Waals surface area contributed by atoms with E-state index in [1.54, 1.807) is 0 Å². The molecule has 0 aliphatic carbocycles. The van der Waals surface area contributed by atoms with Crippen molar-refractivity contribution in [3.63, 3.8) is 0 Å². The molecule has 2 aliphatic rings. The van der Waals surface area contributed by atoms with E-state index in [1.165, 1.54) is 0 Å². The Labute approximate surface area is 126 Å². The number of piperazine rings is 1. The van der Waals surface area contributed by atoms with Gasteiger partial charge in [-0.05, 0) is 18.1 Å². The molecule has 4 nitrogen and oxygen atoms in total. The van der Waals surface area contributed by atoms with Crippen LogP contribution in [0.15, 0.2) is 36.9 Å². The number of hydrogen-bond donors (Lipinski definition) is 0. The number of carbonyl (C=O) groups is 1. The van der Waals surface area contributed by atoms with Crippen LogP contribution in [-0.2, 0) is 11.2 Å². The van der Waals surface area contributed by atoms with Crippen molar-refractivity contribution in [2.75, 3.05) is 39.3 Å². The summed E-state index contributed by atoms with van der Waals surface area (Å²) in [6, 6.07) is 8.00. The minimum absolute atomic E-state index is 0.0362. The Balaban J connectivity index is 1.59. The maximum Gasteiger partial charge on any atom is 0.229 e. The maximum atomic E-state index is 12.6. The number of fused-ring (bicyclic) bond motifs is 1. The lowest BCUT2D eigenvalue weighted by molar-refractivity contribution is -0.138. The van der Waals surface area contributed by atoms with E-state index in [-0.39, 0.29) is 11.8 Å². The molecule has 2 heterocycles. The molecule has 2 aliphatic heterocycles. The molecule has 0 bridgehead atoms. The zero-order valence-corrected chi connectivity index (χ0v) is 12.3. The molecular formula is C17H22N2O2. The number of amides is 1. The Hall–Kier alpha value is -1.81. The van der Waals surface area contributed by atoms with Crippen LogP contribution in [0.25, 0.3) is 0 Å². The van der Waals surface area contributed by atoms with Gasteiger partial charge in [0.05, 0.1) is 5.92 Å². The summed E-state index contributed by atoms with van der Waals surface area (Å²) < 4.78 is 5.74. The van der Waals surface area contributed by atoms with E-state index in [2.05, 4.69) is 17.5 Å². The molecule has 0 aromatic heterocycles. The van der Waals surface area contributed by atoms with Crippen LogP contribution in [0.1, 0.15) is 5.56 Å². The highest BCUT2D eigenvalue weighted by Crippen LogP contribution is 2.27. The first-order valence-electron chi connectivity index (χ1n) is 7.60. The van der Waals surface area contributed by atoms with Crippen LogP contribution < -0.4 is 4.74 Å². The predicted octanol–water partition coefficient (Wildman–Crippen LogP) is 1.57. The number of carbonyl (C=O) groups excluding carboxylic acids is 1. The van der Waals surface area contributed by atoms with Gasteiger partial charge in [-0.15, -0.1) is 6.58 Å². The third-order valence-corrected chi connectivity index (χ3v) is 4.30. The summed E-state index contributed by atoms with van der Waals surface area (Å²) in [5, 5.41) is 0. The van der Waals surface area contributed by atoms with E-state index in [4.69, 9.17) is 4.74 Å². The van der Waals surface area contributed by atoms with Gasteiger partial charge in [0.15, 0.2) is 0 Å². The van der Waals surface area contributed by atoms with E-state index in [0.717, 1.165) is 50.5 Å². The monoisotopic (exact) mass is 286 g/mol. The van der Waals surface area contributed by atoms with Gasteiger partial charge >= 0.3 is 0 Å². The van der Waals surface area contributed by atoms with E-state index in [0.29, 0.717) is 6.61 Å². The fraction of sp³-hybridized carbons (Fsp3) is 0.471. The van der Waals surface area contributed by atoms with Crippen molar-refractivity contribution < 1.29 is 9.53 Å². The molecule has 1 fully saturated rings. The molecule has 0 saturated carbocycles. The Morgan fingerprint density at radius 2 is 2.05 bits per heavy atom. The van der Waals surface area contributed by atoms with Crippen molar-refractivity contribution >= 4 is 5.91 Å². The Morgan fingerprint density at radius 3 is 2.81 bits per heavy atom. The van der Waals surface area contributed by atoms with Gasteiger partial charge < -0.3 is 9.64 Å². The number of hydrogen-bond acceptors (Lipinski definition) is 3. The smallest absolute Gasteiger partial charge is 0.229 e. The van der Waals surface area contributed by atoms with Crippen molar-refractivity contribution in [2.45, 2.75) is 6.42 Å². The predicted molar refractivity (Wildman–Crippen MR) is 82.3 cm³/mol. The van der Waals surface area contributed by atoms with Crippen LogP contribution >= 0.6 is 0 Å². The van der Waals surface area contributed by atoms with Crippen molar-refractivity contribution in [2.24, 2.45) is 5.92 Å². The highest BCUT2D eigenvalue weighted by molar-refractivity contribution is 5.80. The molecule has 3 rings (SSSR count). The van der Waals surface area contributed by atoms with Gasteiger partial charge in [0, 0.05) is 32.7 Å². The normalized spacial score (nSPS) is 22.3. The van der Waals surface area contributed by atoms with E-state index in [9.17, 15) is 4.79 Å². The zero-order valence-electron chi connectivity index (χ0n) is 12.3. The molecule has 1 aromatic rings. The number of ether oxygens (including phenoxy) is 1. The summed E-state index contributed by atoms with van der Waals surface area (Å²) in [5.41, 5.74) is 1.15. The van der Waals surface area contributed by atoms with E-state index < -0.39 is 0 Å². The zero-order chi connectivity index (χ0) is 14.7. The molecule has 0 spiro atoms. The summed E-state index contributed by atoms with van der Waals surface area (Å²) >= 11 is 0. The van der Waals surface area contributed by atoms with Gasteiger partial charge in [0.2, 0.25) is 5.91 Å². The highest BCUT2D eigenvalue weighted by Gasteiger charge is 2.30. The lowest BCUT2D eigenvalue weighted by Gasteiger charge is -2.36. The van der Waals surface area contributed by atoms with Gasteiger partial charge in [-0.2, -0.15) is 0 Å². The molecule has 0 radical (unpaired) electrons. The van der Waals surface area contributed by atoms with Gasteiger partial charge in [0.1, 0.15) is 12.4 Å². The van der Waals surface area contributed by atoms with Crippen LogP contribution in [0.3, 0.4) is 0 Å². The molecule has 1 amide bonds. The van der Waals surface area contributed by atoms with Crippen LogP contribution in [0.5, 0.6) is 5.75 Å². The average Bonchev–Trinajstić information content (AvgIpc) is 2.55. The van der Waals surface area contributed by atoms with Gasteiger partial charge in [-0.1, -0.05) is 24.3 Å². The van der Waals surface area contributed by atoms with Crippen molar-refractivity contribution in [1.82, 2.24) is 9.80 Å². The lowest BCUT2D eigenvalue weighted by atomic mass is 9.95. The minimum atomic E-state index is -0.0362. The standard InChI is InChI=1S/C17H22N2O2/c1-2-7-18-8-10-19(11-9-18)17(20)15-12-14-5-3-4-6-16(14)21-13-15/h2-6,15H,1,7-13H2/t15-/m1/s1. The fourth-order valence-corrected chi connectivity index (χ4v) is 3.08. The topological polar surface area (TPSA) is 32.8 Å². The first-order chi connectivity index (χ1) is 10.3. The van der Waals surface area contributed by atoms with Gasteiger partial charge in [-0.3, -0.25) is 9.69 Å². The first-order valence-corrected chi connectivity index (χ1v) is 7.60. The second-order valence-electron chi connectivity index (χ2n) is 5.73. The van der Waals surface area contributed by atoms with Gasteiger partial charge in [0.25, 0.3) is 0 Å². The van der Waals surface area contributed by atoms with E-state index in [1.807, 2.05) is 29.2 Å². The summed E-state index contributed by atoms with van der Waals surface area (Å²) in [7, 11) is 0. The van der Waals surface area contributed by atoms with Gasteiger partial charge in [-0.25, -0.2) is 0 Å². The second-order valence-corrected chi connectivity index (χ2v) is 5.73. The number of benzene rings is 1. The van der Waals surface area contributed by atoms with Crippen molar-refractivity contribution in [1.29, 1.82) is 0 Å². The Kier molecular flexibility index (Phi) is 4.25. The van der Waals surface area contributed by atoms with E-state index >= 15 is 0 Å². The largest absolute Gasteiger partial charge is 0.492 e. The van der Waals surface area contributed by atoms with Crippen LogP contribution in [0.2, 0.25) is 0 Å². The lowest BCUT2D eigenvalue weighted by Crippen LogP contribution is -2.51. The quantitative estimate of drug-likeness (QED) is 0.791. The molecule has 1 saturated heterocycles. The molecule has 0 N–H and O–H groups in total. The molecule has 1 atom stereocenters. The molecule has 0 unspecified atom stereocenters. The third kappa shape index (κ3) is 3.10. The van der Waals surface area contributed by atoms with Crippen molar-refractivity contribution in [3.05, 3.63) is 42.5 Å². The second kappa shape index (κ2) is 6.31. The first kappa shape index (κ1) is 14.1. The highest BCUT2D eigenvalue weighted by atomic mass is 16.5. The van der Waals surface area contributed by atoms with Crippen LogP contribution in [0.4, 0.5) is 0 Å². The maximum absolute atomic E-state index is 12.6. The summed E-state index contributed by atoms with van der Waals surface area (Å²) in [6.45, 7) is 8.66. The number of para-hydroxylation sites is 1. The Morgan fingerprint density at radius 1 is 1.29 bits per heavy atom. The molecule has 1 aromatic carbocycles. The fourth-order valence-electron chi connectivity index (χ4n) is 3.08. The van der Waals surface area contributed by atoms with Crippen LogP contribution in [-0.4, -0.2) is 55.0 Å². The minimum Gasteiger partial charge on any atom is -0.492 e. The SMILES string of the molecule is C=CCN1CCN(C(=O)[C@H]2COc3ccccc3C2)CC1. The summed E-state index contributed by atoms with van der Waals surface area (Å²) in [4.78, 5) is 16.9. The third-order valence-electron chi connectivity index (χ3n) is 4.30. The Bertz CT molecular complexity index is 521. The van der Waals surface area contributed by atoms with Crippen molar-refractivity contribution in [3.8, 4) is 5.75 Å². The van der Waals surface area contributed by atoms with Crippen LogP contribution in [0, 0.1) is 5.92 Å². The molecule has 21 heavy (non-hydrogen) atoms. The molecular weight excluding hydrogens is 264 g/mol. The summed E-state index contributed by atoms with van der Waals surface area (Å²) in [6.07, 6.45) is 2.71.